The lowest BCUT2D eigenvalue weighted by Gasteiger charge is -2.09. The zero-order valence-corrected chi connectivity index (χ0v) is 9.80. The van der Waals surface area contributed by atoms with Crippen LogP contribution in [0.5, 0.6) is 0 Å². The highest BCUT2D eigenvalue weighted by molar-refractivity contribution is 5.67. The fourth-order valence-electron chi connectivity index (χ4n) is 1.29. The van der Waals surface area contributed by atoms with Crippen molar-refractivity contribution in [3.05, 3.63) is 35.4 Å². The van der Waals surface area contributed by atoms with Gasteiger partial charge in [-0.3, -0.25) is 0 Å². The molecule has 0 aliphatic heterocycles. The molecule has 0 saturated carbocycles. The number of hydrogen-bond acceptors (Lipinski definition) is 2. The summed E-state index contributed by atoms with van der Waals surface area (Å²) in [4.78, 5) is 11.1. The molecule has 5 heteroatoms. The smallest absolute Gasteiger partial charge is 0.407 e. The normalized spacial score (nSPS) is 10.4. The van der Waals surface area contributed by atoms with Crippen LogP contribution in [0.3, 0.4) is 0 Å². The fraction of sp³-hybridized carbons (Fsp3) is 0.417. The maximum Gasteiger partial charge on any atom is 0.407 e. The van der Waals surface area contributed by atoms with Gasteiger partial charge in [0, 0.05) is 18.5 Å². The average Bonchev–Trinajstić information content (AvgIpc) is 2.14. The second kappa shape index (κ2) is 6.18. The minimum Gasteiger partial charge on any atom is -0.449 e. The predicted molar refractivity (Wildman–Crippen MR) is 59.7 cm³/mol. The van der Waals surface area contributed by atoms with Crippen molar-refractivity contribution in [1.29, 1.82) is 0 Å². The van der Waals surface area contributed by atoms with Crippen molar-refractivity contribution in [1.82, 2.24) is 5.32 Å². The molecule has 1 aromatic rings. The molecule has 0 bridgehead atoms. The average molecular weight is 243 g/mol. The maximum atomic E-state index is 12.8. The highest BCUT2D eigenvalue weighted by atomic mass is 19.1. The zero-order chi connectivity index (χ0) is 12.8. The molecule has 0 aliphatic carbocycles. The van der Waals surface area contributed by atoms with E-state index in [0.29, 0.717) is 5.56 Å². The van der Waals surface area contributed by atoms with Crippen LogP contribution in [0.25, 0.3) is 0 Å². The first-order chi connectivity index (χ1) is 7.97. The predicted octanol–water partition coefficient (Wildman–Crippen LogP) is 2.64. The number of benzene rings is 1. The molecule has 17 heavy (non-hydrogen) atoms. The molecule has 0 aliphatic rings. The van der Waals surface area contributed by atoms with Crippen LogP contribution in [-0.4, -0.2) is 18.7 Å². The van der Waals surface area contributed by atoms with Gasteiger partial charge in [0.25, 0.3) is 0 Å². The zero-order valence-electron chi connectivity index (χ0n) is 9.80. The van der Waals surface area contributed by atoms with Gasteiger partial charge in [0.2, 0.25) is 0 Å². The standard InChI is InChI=1S/C12H15F2NO2/c1-8(2)15-12(16)17-4-3-9-5-10(13)7-11(14)6-9/h5-8H,3-4H2,1-2H3,(H,15,16). The van der Waals surface area contributed by atoms with Crippen molar-refractivity contribution in [2.75, 3.05) is 6.61 Å². The molecular formula is C12H15F2NO2. The van der Waals surface area contributed by atoms with Gasteiger partial charge in [0.05, 0.1) is 6.61 Å². The van der Waals surface area contributed by atoms with Crippen molar-refractivity contribution in [2.24, 2.45) is 0 Å². The molecule has 0 fully saturated rings. The Morgan fingerprint density at radius 3 is 2.41 bits per heavy atom. The monoisotopic (exact) mass is 243 g/mol. The van der Waals surface area contributed by atoms with Crippen LogP contribution in [0, 0.1) is 11.6 Å². The minimum absolute atomic E-state index is 0.00545. The molecule has 0 atom stereocenters. The largest absolute Gasteiger partial charge is 0.449 e. The van der Waals surface area contributed by atoms with Gasteiger partial charge < -0.3 is 10.1 Å². The first-order valence-electron chi connectivity index (χ1n) is 5.35. The number of ether oxygens (including phenoxy) is 1. The Labute approximate surface area is 98.8 Å². The number of hydrogen-bond donors (Lipinski definition) is 1. The van der Waals surface area contributed by atoms with Gasteiger partial charge in [-0.1, -0.05) is 0 Å². The SMILES string of the molecule is CC(C)NC(=O)OCCc1cc(F)cc(F)c1. The third-order valence-electron chi connectivity index (χ3n) is 1.95. The number of carbonyl (C=O) groups excluding carboxylic acids is 1. The van der Waals surface area contributed by atoms with Crippen molar-refractivity contribution < 1.29 is 18.3 Å². The first kappa shape index (κ1) is 13.4. The van der Waals surface area contributed by atoms with Gasteiger partial charge in [-0.15, -0.1) is 0 Å². The van der Waals surface area contributed by atoms with Gasteiger partial charge in [-0.25, -0.2) is 13.6 Å². The lowest BCUT2D eigenvalue weighted by Crippen LogP contribution is -2.31. The molecule has 0 saturated heterocycles. The van der Waals surface area contributed by atoms with E-state index < -0.39 is 17.7 Å². The van der Waals surface area contributed by atoms with Crippen LogP contribution in [-0.2, 0) is 11.2 Å². The van der Waals surface area contributed by atoms with Crippen LogP contribution in [0.15, 0.2) is 18.2 Å². The number of amides is 1. The molecule has 1 rings (SSSR count). The van der Waals surface area contributed by atoms with Gasteiger partial charge in [-0.05, 0) is 31.5 Å². The van der Waals surface area contributed by atoms with E-state index in [-0.39, 0.29) is 19.1 Å². The summed E-state index contributed by atoms with van der Waals surface area (Å²) in [6.45, 7) is 3.70. The van der Waals surface area contributed by atoms with Crippen molar-refractivity contribution >= 4 is 6.09 Å². The molecule has 0 aromatic heterocycles. The van der Waals surface area contributed by atoms with E-state index in [1.54, 1.807) is 0 Å². The molecular weight excluding hydrogens is 228 g/mol. The van der Waals surface area contributed by atoms with Gasteiger partial charge in [-0.2, -0.15) is 0 Å². The number of alkyl carbamates (subject to hydrolysis) is 1. The van der Waals surface area contributed by atoms with Gasteiger partial charge >= 0.3 is 6.09 Å². The lowest BCUT2D eigenvalue weighted by molar-refractivity contribution is 0.145. The molecule has 0 heterocycles. The molecule has 1 amide bonds. The number of halogens is 2. The van der Waals surface area contributed by atoms with E-state index in [2.05, 4.69) is 5.32 Å². The molecule has 1 N–H and O–H groups in total. The fourth-order valence-corrected chi connectivity index (χ4v) is 1.29. The third-order valence-corrected chi connectivity index (χ3v) is 1.95. The third kappa shape index (κ3) is 5.29. The van der Waals surface area contributed by atoms with E-state index in [1.165, 1.54) is 12.1 Å². The number of nitrogens with one attached hydrogen (secondary N) is 1. The first-order valence-corrected chi connectivity index (χ1v) is 5.35. The molecule has 0 spiro atoms. The minimum atomic E-state index is -0.633. The van der Waals surface area contributed by atoms with E-state index in [9.17, 15) is 13.6 Å². The van der Waals surface area contributed by atoms with Crippen LogP contribution < -0.4 is 5.32 Å². The molecule has 1 aromatic carbocycles. The maximum absolute atomic E-state index is 12.8. The van der Waals surface area contributed by atoms with Gasteiger partial charge in [0.1, 0.15) is 11.6 Å². The van der Waals surface area contributed by atoms with Crippen molar-refractivity contribution in [2.45, 2.75) is 26.3 Å². The lowest BCUT2D eigenvalue weighted by atomic mass is 10.1. The highest BCUT2D eigenvalue weighted by Crippen LogP contribution is 2.08. The molecule has 0 radical (unpaired) electrons. The Bertz CT molecular complexity index is 374. The summed E-state index contributed by atoms with van der Waals surface area (Å²) in [5.74, 6) is -1.27. The summed E-state index contributed by atoms with van der Waals surface area (Å²) in [6.07, 6.45) is -0.253. The van der Waals surface area contributed by atoms with Crippen LogP contribution in [0.1, 0.15) is 19.4 Å². The Morgan fingerprint density at radius 1 is 1.29 bits per heavy atom. The summed E-state index contributed by atoms with van der Waals surface area (Å²) >= 11 is 0. The van der Waals surface area contributed by atoms with Crippen LogP contribution >= 0.6 is 0 Å². The second-order valence-electron chi connectivity index (χ2n) is 3.96. The Morgan fingerprint density at radius 2 is 1.88 bits per heavy atom. The topological polar surface area (TPSA) is 38.3 Å². The van der Waals surface area contributed by atoms with Crippen molar-refractivity contribution in [3.63, 3.8) is 0 Å². The molecule has 3 nitrogen and oxygen atoms in total. The van der Waals surface area contributed by atoms with E-state index in [1.807, 2.05) is 13.8 Å². The molecule has 0 unspecified atom stereocenters. The van der Waals surface area contributed by atoms with Crippen LogP contribution in [0.2, 0.25) is 0 Å². The Hall–Kier alpha value is -1.65. The highest BCUT2D eigenvalue weighted by Gasteiger charge is 2.05. The van der Waals surface area contributed by atoms with E-state index in [0.717, 1.165) is 6.07 Å². The summed E-state index contributed by atoms with van der Waals surface area (Å²) in [5, 5.41) is 2.54. The second-order valence-corrected chi connectivity index (χ2v) is 3.96. The summed E-state index contributed by atoms with van der Waals surface area (Å²) in [7, 11) is 0. The van der Waals surface area contributed by atoms with Gasteiger partial charge in [0.15, 0.2) is 0 Å². The summed E-state index contributed by atoms with van der Waals surface area (Å²) in [6, 6.07) is 3.23. The summed E-state index contributed by atoms with van der Waals surface area (Å²) in [5.41, 5.74) is 0.458. The van der Waals surface area contributed by atoms with E-state index >= 15 is 0 Å². The Balaban J connectivity index is 2.38. The number of carbonyl (C=O) groups is 1. The molecule has 94 valence electrons. The van der Waals surface area contributed by atoms with Crippen molar-refractivity contribution in [3.8, 4) is 0 Å². The number of rotatable bonds is 4. The Kier molecular flexibility index (Phi) is 4.87. The van der Waals surface area contributed by atoms with E-state index in [4.69, 9.17) is 4.74 Å². The summed E-state index contributed by atoms with van der Waals surface area (Å²) < 4.78 is 30.5. The van der Waals surface area contributed by atoms with Crippen LogP contribution in [0.4, 0.5) is 13.6 Å². The quantitative estimate of drug-likeness (QED) is 0.882.